The van der Waals surface area contributed by atoms with Gasteiger partial charge in [-0.15, -0.1) is 0 Å². The van der Waals surface area contributed by atoms with Crippen LogP contribution >= 0.6 is 0 Å². The smallest absolute Gasteiger partial charge is 0.211 e. The highest BCUT2D eigenvalue weighted by Crippen LogP contribution is 2.36. The third-order valence-electron chi connectivity index (χ3n) is 3.40. The third-order valence-corrected chi connectivity index (χ3v) is 5.17. The molecule has 0 heterocycles. The number of alkyl halides is 3. The Labute approximate surface area is 111 Å². The highest BCUT2D eigenvalue weighted by molar-refractivity contribution is 7.90. The Balaban J connectivity index is 2.92. The molecule has 2 atom stereocenters. The summed E-state index contributed by atoms with van der Waals surface area (Å²) in [5, 5.41) is 7.25. The summed E-state index contributed by atoms with van der Waals surface area (Å²) in [5.74, 6) is -0.731. The van der Waals surface area contributed by atoms with Gasteiger partial charge in [0.05, 0.1) is 6.07 Å². The Bertz CT molecular complexity index is 436. The van der Waals surface area contributed by atoms with E-state index in [1.165, 1.54) is 13.0 Å². The molecule has 0 saturated heterocycles. The van der Waals surface area contributed by atoms with Gasteiger partial charge >= 0.3 is 6.18 Å². The zero-order valence-electron chi connectivity index (χ0n) is 10.6. The predicted octanol–water partition coefficient (Wildman–Crippen LogP) is 2.33. The number of nitrogens with one attached hydrogen (secondary N) is 1. The van der Waals surface area contributed by atoms with Gasteiger partial charge in [0.2, 0.25) is 10.0 Å². The molecule has 0 aliphatic heterocycles. The Morgan fingerprint density at radius 2 is 1.89 bits per heavy atom. The summed E-state index contributed by atoms with van der Waals surface area (Å²) >= 11 is 0. The first-order valence-corrected chi connectivity index (χ1v) is 7.74. The molecule has 0 aromatic rings. The quantitative estimate of drug-likeness (QED) is 0.847. The molecule has 19 heavy (non-hydrogen) atoms. The number of hydrogen-bond acceptors (Lipinski definition) is 3. The van der Waals surface area contributed by atoms with Crippen molar-refractivity contribution in [2.45, 2.75) is 56.5 Å². The van der Waals surface area contributed by atoms with Crippen LogP contribution in [0.15, 0.2) is 0 Å². The van der Waals surface area contributed by atoms with E-state index in [4.69, 9.17) is 5.26 Å². The molecule has 0 aromatic heterocycles. The zero-order chi connectivity index (χ0) is 14.7. The monoisotopic (exact) mass is 298 g/mol. The maximum absolute atomic E-state index is 13.0. The van der Waals surface area contributed by atoms with Crippen molar-refractivity contribution in [1.29, 1.82) is 5.26 Å². The number of sulfonamides is 1. The molecule has 4 nitrogen and oxygen atoms in total. The molecule has 1 saturated carbocycles. The second kappa shape index (κ2) is 6.09. The Kier molecular flexibility index (Phi) is 5.21. The van der Waals surface area contributed by atoms with E-state index < -0.39 is 33.4 Å². The molecule has 0 amide bonds. The molecule has 0 aromatic carbocycles. The van der Waals surface area contributed by atoms with Crippen molar-refractivity contribution < 1.29 is 21.6 Å². The van der Waals surface area contributed by atoms with Crippen LogP contribution < -0.4 is 4.72 Å². The minimum absolute atomic E-state index is 0.0406. The average molecular weight is 298 g/mol. The van der Waals surface area contributed by atoms with E-state index in [-0.39, 0.29) is 6.42 Å². The van der Waals surface area contributed by atoms with Gasteiger partial charge in [0.25, 0.3) is 0 Å². The first-order valence-electron chi connectivity index (χ1n) is 6.19. The fourth-order valence-electron chi connectivity index (χ4n) is 2.36. The topological polar surface area (TPSA) is 70.0 Å². The normalized spacial score (nSPS) is 21.0. The van der Waals surface area contributed by atoms with Crippen molar-refractivity contribution in [2.24, 2.45) is 5.92 Å². The molecule has 1 fully saturated rings. The van der Waals surface area contributed by atoms with Crippen LogP contribution in [0.4, 0.5) is 13.2 Å². The zero-order valence-corrected chi connectivity index (χ0v) is 11.4. The minimum atomic E-state index is -4.63. The molecule has 1 aliphatic carbocycles. The van der Waals surface area contributed by atoms with E-state index >= 15 is 0 Å². The van der Waals surface area contributed by atoms with Gasteiger partial charge in [-0.2, -0.15) is 18.4 Å². The second-order valence-corrected chi connectivity index (χ2v) is 6.65. The van der Waals surface area contributed by atoms with Crippen LogP contribution in [-0.2, 0) is 10.0 Å². The summed E-state index contributed by atoms with van der Waals surface area (Å²) in [6.07, 6.45) is -2.61. The van der Waals surface area contributed by atoms with Crippen molar-refractivity contribution in [1.82, 2.24) is 4.72 Å². The SMILES string of the molecule is CC[C@H](C#N)S(=O)(=O)N[C@@H](C1CCCC1)C(F)(F)F. The summed E-state index contributed by atoms with van der Waals surface area (Å²) < 4.78 is 64.1. The van der Waals surface area contributed by atoms with Gasteiger partial charge in [-0.1, -0.05) is 19.8 Å². The van der Waals surface area contributed by atoms with Gasteiger partial charge in [0.1, 0.15) is 6.04 Å². The highest BCUT2D eigenvalue weighted by atomic mass is 32.2. The van der Waals surface area contributed by atoms with Crippen LogP contribution in [0.2, 0.25) is 0 Å². The maximum Gasteiger partial charge on any atom is 0.405 e. The van der Waals surface area contributed by atoms with Gasteiger partial charge in [0, 0.05) is 0 Å². The van der Waals surface area contributed by atoms with E-state index in [1.807, 2.05) is 0 Å². The summed E-state index contributed by atoms with van der Waals surface area (Å²) in [6.45, 7) is 1.45. The Morgan fingerprint density at radius 3 is 2.26 bits per heavy atom. The summed E-state index contributed by atoms with van der Waals surface area (Å²) in [4.78, 5) is 0. The number of nitrogens with zero attached hydrogens (tertiary/aromatic N) is 1. The van der Waals surface area contributed by atoms with Crippen molar-refractivity contribution in [3.8, 4) is 6.07 Å². The predicted molar refractivity (Wildman–Crippen MR) is 63.5 cm³/mol. The average Bonchev–Trinajstić information content (AvgIpc) is 2.78. The molecular weight excluding hydrogens is 281 g/mol. The van der Waals surface area contributed by atoms with Crippen LogP contribution in [0.25, 0.3) is 0 Å². The molecule has 110 valence electrons. The fourth-order valence-corrected chi connectivity index (χ4v) is 3.78. The van der Waals surface area contributed by atoms with Gasteiger partial charge in [-0.3, -0.25) is 0 Å². The Hall–Kier alpha value is -0.810. The molecule has 1 aliphatic rings. The second-order valence-electron chi connectivity index (χ2n) is 4.75. The van der Waals surface area contributed by atoms with Crippen LogP contribution in [0, 0.1) is 17.2 Å². The van der Waals surface area contributed by atoms with Gasteiger partial charge in [-0.05, 0) is 25.2 Å². The molecule has 0 bridgehead atoms. The molecule has 0 unspecified atom stereocenters. The lowest BCUT2D eigenvalue weighted by molar-refractivity contribution is -0.162. The van der Waals surface area contributed by atoms with Crippen LogP contribution in [0.3, 0.4) is 0 Å². The Morgan fingerprint density at radius 1 is 1.37 bits per heavy atom. The summed E-state index contributed by atoms with van der Waals surface area (Å²) in [7, 11) is -4.27. The molecule has 1 rings (SSSR count). The fraction of sp³-hybridized carbons (Fsp3) is 0.909. The largest absolute Gasteiger partial charge is 0.405 e. The lowest BCUT2D eigenvalue weighted by Gasteiger charge is -2.27. The van der Waals surface area contributed by atoms with E-state index in [1.54, 1.807) is 4.72 Å². The lowest BCUT2D eigenvalue weighted by Crippen LogP contribution is -2.51. The number of nitriles is 1. The van der Waals surface area contributed by atoms with E-state index in [2.05, 4.69) is 0 Å². The number of rotatable bonds is 5. The van der Waals surface area contributed by atoms with Crippen LogP contribution in [-0.4, -0.2) is 25.9 Å². The van der Waals surface area contributed by atoms with Crippen LogP contribution in [0.5, 0.6) is 0 Å². The van der Waals surface area contributed by atoms with E-state index in [9.17, 15) is 21.6 Å². The van der Waals surface area contributed by atoms with Crippen molar-refractivity contribution in [2.75, 3.05) is 0 Å². The molecule has 1 N–H and O–H groups in total. The first-order chi connectivity index (χ1) is 8.72. The van der Waals surface area contributed by atoms with E-state index in [0.29, 0.717) is 25.7 Å². The molecule has 8 heteroatoms. The van der Waals surface area contributed by atoms with Crippen molar-refractivity contribution >= 4 is 10.0 Å². The van der Waals surface area contributed by atoms with E-state index in [0.717, 1.165) is 0 Å². The number of halogens is 3. The van der Waals surface area contributed by atoms with Crippen LogP contribution in [0.1, 0.15) is 39.0 Å². The lowest BCUT2D eigenvalue weighted by atomic mass is 9.99. The molecule has 0 spiro atoms. The maximum atomic E-state index is 13.0. The highest BCUT2D eigenvalue weighted by Gasteiger charge is 2.48. The standard InChI is InChI=1S/C11H17F3N2O2S/c1-2-9(7-15)19(17,18)16-10(11(12,13)14)8-5-3-4-6-8/h8-10,16H,2-6H2,1H3/t9-,10+/m1/s1. The number of hydrogen-bond donors (Lipinski definition) is 1. The summed E-state index contributed by atoms with van der Waals surface area (Å²) in [5.41, 5.74) is 0. The molecular formula is C11H17F3N2O2S. The van der Waals surface area contributed by atoms with Crippen molar-refractivity contribution in [3.05, 3.63) is 0 Å². The van der Waals surface area contributed by atoms with Gasteiger partial charge < -0.3 is 0 Å². The van der Waals surface area contributed by atoms with Gasteiger partial charge in [0.15, 0.2) is 5.25 Å². The molecule has 0 radical (unpaired) electrons. The third kappa shape index (κ3) is 4.08. The van der Waals surface area contributed by atoms with Crippen molar-refractivity contribution in [3.63, 3.8) is 0 Å². The minimum Gasteiger partial charge on any atom is -0.211 e. The summed E-state index contributed by atoms with van der Waals surface area (Å²) in [6, 6.07) is -0.560. The van der Waals surface area contributed by atoms with Gasteiger partial charge in [-0.25, -0.2) is 13.1 Å². The first kappa shape index (κ1) is 16.2.